The van der Waals surface area contributed by atoms with Crippen molar-refractivity contribution < 1.29 is 4.79 Å². The molecule has 5 nitrogen and oxygen atoms in total. The van der Waals surface area contributed by atoms with E-state index in [1.54, 1.807) is 30.6 Å². The van der Waals surface area contributed by atoms with E-state index in [2.05, 4.69) is 15.3 Å². The zero-order chi connectivity index (χ0) is 13.2. The van der Waals surface area contributed by atoms with Gasteiger partial charge in [0.05, 0.1) is 11.0 Å². The molecule has 1 fully saturated rings. The first kappa shape index (κ1) is 14.7. The summed E-state index contributed by atoms with van der Waals surface area (Å²) >= 11 is 0. The minimum Gasteiger partial charge on any atom is -0.350 e. The fourth-order valence-corrected chi connectivity index (χ4v) is 2.11. The van der Waals surface area contributed by atoms with Crippen LogP contribution in [0.25, 0.3) is 11.0 Å². The van der Waals surface area contributed by atoms with Crippen molar-refractivity contribution in [1.82, 2.24) is 15.3 Å². The minimum absolute atomic E-state index is 0. The van der Waals surface area contributed by atoms with Crippen LogP contribution in [0.1, 0.15) is 23.2 Å². The van der Waals surface area contributed by atoms with Crippen molar-refractivity contribution in [2.45, 2.75) is 18.9 Å². The quantitative estimate of drug-likeness (QED) is 0.895. The van der Waals surface area contributed by atoms with Crippen LogP contribution in [-0.4, -0.2) is 28.5 Å². The van der Waals surface area contributed by atoms with Crippen molar-refractivity contribution in [1.29, 1.82) is 0 Å². The van der Waals surface area contributed by atoms with Crippen LogP contribution in [-0.2, 0) is 0 Å². The zero-order valence-corrected chi connectivity index (χ0v) is 11.8. The number of benzene rings is 1. The molecule has 3 N–H and O–H groups in total. The molecule has 1 saturated carbocycles. The number of halogens is 1. The van der Waals surface area contributed by atoms with Gasteiger partial charge in [-0.25, -0.2) is 0 Å². The third-order valence-corrected chi connectivity index (χ3v) is 3.46. The summed E-state index contributed by atoms with van der Waals surface area (Å²) < 4.78 is 0. The molecule has 0 bridgehead atoms. The number of aromatic nitrogens is 2. The molecule has 0 aliphatic heterocycles. The molecule has 1 aromatic carbocycles. The second-order valence-electron chi connectivity index (χ2n) is 4.97. The lowest BCUT2D eigenvalue weighted by molar-refractivity contribution is 0.0950. The molecule has 0 saturated heterocycles. The van der Waals surface area contributed by atoms with Gasteiger partial charge in [0.15, 0.2) is 0 Å². The molecule has 3 rings (SSSR count). The number of nitrogens with one attached hydrogen (secondary N) is 1. The Bertz CT molecular complexity index is 615. The summed E-state index contributed by atoms with van der Waals surface area (Å²) in [6.45, 7) is 0.530. The van der Waals surface area contributed by atoms with Crippen molar-refractivity contribution in [2.75, 3.05) is 6.54 Å². The normalized spacial score (nSPS) is 15.4. The number of fused-ring (bicyclic) bond motifs is 1. The van der Waals surface area contributed by atoms with E-state index in [0.29, 0.717) is 18.0 Å². The molecule has 1 aliphatic carbocycles. The van der Waals surface area contributed by atoms with Gasteiger partial charge in [0.2, 0.25) is 0 Å². The first-order valence-electron chi connectivity index (χ1n) is 6.48. The van der Waals surface area contributed by atoms with Crippen LogP contribution in [0.2, 0.25) is 0 Å². The smallest absolute Gasteiger partial charge is 0.251 e. The molecule has 6 heteroatoms. The Hall–Kier alpha value is -1.72. The maximum atomic E-state index is 12.0. The van der Waals surface area contributed by atoms with Crippen LogP contribution in [0.5, 0.6) is 0 Å². The van der Waals surface area contributed by atoms with Crippen LogP contribution in [0.4, 0.5) is 0 Å². The van der Waals surface area contributed by atoms with Gasteiger partial charge >= 0.3 is 0 Å². The molecule has 20 heavy (non-hydrogen) atoms. The van der Waals surface area contributed by atoms with Crippen molar-refractivity contribution in [3.05, 3.63) is 36.2 Å². The monoisotopic (exact) mass is 292 g/mol. The second-order valence-corrected chi connectivity index (χ2v) is 4.97. The summed E-state index contributed by atoms with van der Waals surface area (Å²) in [5.41, 5.74) is 8.06. The summed E-state index contributed by atoms with van der Waals surface area (Å²) in [7, 11) is 0. The third-order valence-electron chi connectivity index (χ3n) is 3.46. The lowest BCUT2D eigenvalue weighted by Crippen LogP contribution is -2.38. The molecule has 1 aromatic heterocycles. The maximum Gasteiger partial charge on any atom is 0.251 e. The van der Waals surface area contributed by atoms with Gasteiger partial charge in [0, 0.05) is 30.5 Å². The Kier molecular flexibility index (Phi) is 4.52. The number of carbonyl (C=O) groups is 1. The Morgan fingerprint density at radius 3 is 2.70 bits per heavy atom. The van der Waals surface area contributed by atoms with Gasteiger partial charge in [-0.05, 0) is 37.0 Å². The topological polar surface area (TPSA) is 80.9 Å². The van der Waals surface area contributed by atoms with E-state index >= 15 is 0 Å². The molecule has 1 unspecified atom stereocenters. The molecule has 1 atom stereocenters. The van der Waals surface area contributed by atoms with Crippen LogP contribution < -0.4 is 11.1 Å². The molecular formula is C14H17ClN4O. The highest BCUT2D eigenvalue weighted by molar-refractivity contribution is 5.97. The third kappa shape index (κ3) is 3.23. The van der Waals surface area contributed by atoms with Gasteiger partial charge in [0.1, 0.15) is 0 Å². The van der Waals surface area contributed by atoms with Gasteiger partial charge in [0.25, 0.3) is 5.91 Å². The van der Waals surface area contributed by atoms with E-state index in [1.165, 1.54) is 12.8 Å². The number of rotatable bonds is 4. The van der Waals surface area contributed by atoms with E-state index < -0.39 is 0 Å². The highest BCUT2D eigenvalue weighted by atomic mass is 35.5. The fourth-order valence-electron chi connectivity index (χ4n) is 2.11. The predicted molar refractivity (Wildman–Crippen MR) is 79.8 cm³/mol. The Morgan fingerprint density at radius 1 is 1.30 bits per heavy atom. The van der Waals surface area contributed by atoms with Crippen LogP contribution in [0.3, 0.4) is 0 Å². The van der Waals surface area contributed by atoms with E-state index in [-0.39, 0.29) is 24.4 Å². The van der Waals surface area contributed by atoms with Gasteiger partial charge in [-0.15, -0.1) is 12.4 Å². The lowest BCUT2D eigenvalue weighted by atomic mass is 10.1. The van der Waals surface area contributed by atoms with E-state index in [0.717, 1.165) is 11.0 Å². The van der Waals surface area contributed by atoms with Gasteiger partial charge in [-0.3, -0.25) is 14.8 Å². The first-order chi connectivity index (χ1) is 9.24. The van der Waals surface area contributed by atoms with Crippen LogP contribution >= 0.6 is 12.4 Å². The second kappa shape index (κ2) is 6.15. The molecule has 1 aliphatic rings. The summed E-state index contributed by atoms with van der Waals surface area (Å²) in [6, 6.07) is 5.39. The molecule has 0 spiro atoms. The van der Waals surface area contributed by atoms with E-state index in [4.69, 9.17) is 5.73 Å². The van der Waals surface area contributed by atoms with Gasteiger partial charge in [-0.1, -0.05) is 0 Å². The number of carbonyl (C=O) groups excluding carboxylic acids is 1. The van der Waals surface area contributed by atoms with Gasteiger partial charge < -0.3 is 11.1 Å². The molecule has 2 aromatic rings. The first-order valence-corrected chi connectivity index (χ1v) is 6.48. The van der Waals surface area contributed by atoms with Crippen molar-refractivity contribution in [2.24, 2.45) is 11.7 Å². The van der Waals surface area contributed by atoms with Crippen LogP contribution in [0, 0.1) is 5.92 Å². The lowest BCUT2D eigenvalue weighted by Gasteiger charge is -2.11. The molecular weight excluding hydrogens is 276 g/mol. The summed E-state index contributed by atoms with van der Waals surface area (Å²) in [5, 5.41) is 2.87. The van der Waals surface area contributed by atoms with Gasteiger partial charge in [-0.2, -0.15) is 0 Å². The number of hydrogen-bond donors (Lipinski definition) is 2. The van der Waals surface area contributed by atoms with E-state index in [1.807, 2.05) is 0 Å². The van der Waals surface area contributed by atoms with Crippen LogP contribution in [0.15, 0.2) is 30.6 Å². The Balaban J connectivity index is 0.00000147. The average molecular weight is 293 g/mol. The van der Waals surface area contributed by atoms with Crippen molar-refractivity contribution in [3.63, 3.8) is 0 Å². The Labute approximate surface area is 123 Å². The molecule has 106 valence electrons. The standard InChI is InChI=1S/C14H16N4O.ClH/c15-11(9-1-2-9)8-18-14(19)10-3-4-12-13(7-10)17-6-5-16-12;/h3-7,9,11H,1-2,8,15H2,(H,18,19);1H. The number of nitrogens with zero attached hydrogens (tertiary/aromatic N) is 2. The summed E-state index contributed by atoms with van der Waals surface area (Å²) in [6.07, 6.45) is 5.62. The SMILES string of the molecule is Cl.NC(CNC(=O)c1ccc2nccnc2c1)C1CC1. The maximum absolute atomic E-state index is 12.0. The Morgan fingerprint density at radius 2 is 2.00 bits per heavy atom. The van der Waals surface area contributed by atoms with Crippen molar-refractivity contribution in [3.8, 4) is 0 Å². The largest absolute Gasteiger partial charge is 0.350 e. The molecule has 1 amide bonds. The number of amides is 1. The van der Waals surface area contributed by atoms with Crippen molar-refractivity contribution >= 4 is 29.3 Å². The zero-order valence-electron chi connectivity index (χ0n) is 11.0. The molecule has 1 heterocycles. The number of nitrogens with two attached hydrogens (primary N) is 1. The van der Waals surface area contributed by atoms with E-state index in [9.17, 15) is 4.79 Å². The minimum atomic E-state index is -0.108. The summed E-state index contributed by atoms with van der Waals surface area (Å²) in [4.78, 5) is 20.4. The summed E-state index contributed by atoms with van der Waals surface area (Å²) in [5.74, 6) is 0.478. The predicted octanol–water partition coefficient (Wildman–Crippen LogP) is 1.52. The average Bonchev–Trinajstić information content (AvgIpc) is 3.28. The number of hydrogen-bond acceptors (Lipinski definition) is 4. The highest BCUT2D eigenvalue weighted by Gasteiger charge is 2.28. The molecule has 0 radical (unpaired) electrons. The fraction of sp³-hybridized carbons (Fsp3) is 0.357. The highest BCUT2D eigenvalue weighted by Crippen LogP contribution is 2.31.